The molecule has 64 valence electrons. The van der Waals surface area contributed by atoms with Gasteiger partial charge >= 0.3 is 0 Å². The molecular formula is C9H17ClN+. The smallest absolute Gasteiger partial charge is 0.0901 e. The van der Waals surface area contributed by atoms with Crippen LogP contribution in [0.25, 0.3) is 0 Å². The molecule has 1 nitrogen and oxygen atoms in total. The summed E-state index contributed by atoms with van der Waals surface area (Å²) in [5.41, 5.74) is 0. The third-order valence-electron chi connectivity index (χ3n) is 3.25. The van der Waals surface area contributed by atoms with Crippen LogP contribution in [0.5, 0.6) is 0 Å². The summed E-state index contributed by atoms with van der Waals surface area (Å²) in [7, 11) is 0. The molecule has 0 aromatic carbocycles. The summed E-state index contributed by atoms with van der Waals surface area (Å²) in [5.74, 6) is 0.833. The summed E-state index contributed by atoms with van der Waals surface area (Å²) in [6, 6.07) is 0.875. The fraction of sp³-hybridized carbons (Fsp3) is 1.00. The van der Waals surface area contributed by atoms with E-state index in [0.717, 1.165) is 12.0 Å². The lowest BCUT2D eigenvalue weighted by atomic mass is 9.79. The molecule has 2 N–H and O–H groups in total. The van der Waals surface area contributed by atoms with Crippen molar-refractivity contribution in [1.29, 1.82) is 0 Å². The SMILES string of the molecule is Cl[C@@H]1CC[NH2+][C@H]2CCCC[C@@H]12. The Balaban J connectivity index is 1.99. The molecule has 0 bridgehead atoms. The Labute approximate surface area is 73.5 Å². The molecule has 1 saturated heterocycles. The lowest BCUT2D eigenvalue weighted by molar-refractivity contribution is -0.706. The Kier molecular flexibility index (Phi) is 2.38. The van der Waals surface area contributed by atoms with Gasteiger partial charge in [-0.2, -0.15) is 0 Å². The minimum absolute atomic E-state index is 0.491. The van der Waals surface area contributed by atoms with Crippen molar-refractivity contribution >= 4 is 11.6 Å². The summed E-state index contributed by atoms with van der Waals surface area (Å²) >= 11 is 6.27. The highest BCUT2D eigenvalue weighted by atomic mass is 35.5. The zero-order valence-electron chi connectivity index (χ0n) is 6.93. The van der Waals surface area contributed by atoms with Gasteiger partial charge in [0.25, 0.3) is 0 Å². The first-order chi connectivity index (χ1) is 5.38. The van der Waals surface area contributed by atoms with Crippen LogP contribution >= 0.6 is 11.6 Å². The highest BCUT2D eigenvalue weighted by Gasteiger charge is 2.36. The molecule has 0 spiro atoms. The third-order valence-corrected chi connectivity index (χ3v) is 3.79. The van der Waals surface area contributed by atoms with Crippen molar-refractivity contribution in [3.05, 3.63) is 0 Å². The summed E-state index contributed by atoms with van der Waals surface area (Å²) < 4.78 is 0. The van der Waals surface area contributed by atoms with Crippen molar-refractivity contribution in [2.45, 2.75) is 43.5 Å². The number of halogens is 1. The number of hydrogen-bond donors (Lipinski definition) is 1. The summed E-state index contributed by atoms with van der Waals surface area (Å²) in [6.07, 6.45) is 6.87. The van der Waals surface area contributed by atoms with Crippen molar-refractivity contribution in [2.75, 3.05) is 6.54 Å². The summed E-state index contributed by atoms with van der Waals surface area (Å²) in [6.45, 7) is 1.26. The third kappa shape index (κ3) is 1.54. The van der Waals surface area contributed by atoms with E-state index in [-0.39, 0.29) is 0 Å². The molecule has 0 radical (unpaired) electrons. The Bertz CT molecular complexity index is 136. The van der Waals surface area contributed by atoms with Gasteiger partial charge in [-0.1, -0.05) is 6.42 Å². The van der Waals surface area contributed by atoms with Gasteiger partial charge in [-0.25, -0.2) is 0 Å². The number of alkyl halides is 1. The molecule has 0 aromatic heterocycles. The highest BCUT2D eigenvalue weighted by molar-refractivity contribution is 6.20. The van der Waals surface area contributed by atoms with Crippen molar-refractivity contribution in [2.24, 2.45) is 5.92 Å². The van der Waals surface area contributed by atoms with Crippen LogP contribution in [0.1, 0.15) is 32.1 Å². The first-order valence-corrected chi connectivity index (χ1v) is 5.29. The van der Waals surface area contributed by atoms with Gasteiger partial charge in [0.15, 0.2) is 0 Å². The van der Waals surface area contributed by atoms with E-state index in [1.807, 2.05) is 0 Å². The number of piperidine rings is 1. The topological polar surface area (TPSA) is 16.6 Å². The van der Waals surface area contributed by atoms with Gasteiger partial charge in [0.05, 0.1) is 12.6 Å². The molecule has 3 atom stereocenters. The predicted octanol–water partition coefficient (Wildman–Crippen LogP) is 1.12. The van der Waals surface area contributed by atoms with Gasteiger partial charge < -0.3 is 5.32 Å². The number of rotatable bonds is 0. The molecular weight excluding hydrogens is 158 g/mol. The molecule has 2 fully saturated rings. The zero-order chi connectivity index (χ0) is 7.68. The second-order valence-electron chi connectivity index (χ2n) is 3.94. The van der Waals surface area contributed by atoms with Crippen LogP contribution in [-0.4, -0.2) is 18.0 Å². The predicted molar refractivity (Wildman–Crippen MR) is 46.8 cm³/mol. The monoisotopic (exact) mass is 174 g/mol. The van der Waals surface area contributed by atoms with Gasteiger partial charge in [0.2, 0.25) is 0 Å². The van der Waals surface area contributed by atoms with E-state index in [4.69, 9.17) is 11.6 Å². The molecule has 1 saturated carbocycles. The van der Waals surface area contributed by atoms with Crippen molar-refractivity contribution in [3.8, 4) is 0 Å². The number of hydrogen-bond acceptors (Lipinski definition) is 0. The fourth-order valence-corrected chi connectivity index (χ4v) is 3.05. The maximum atomic E-state index is 6.27. The lowest BCUT2D eigenvalue weighted by Gasteiger charge is -2.36. The Morgan fingerprint density at radius 1 is 1.09 bits per heavy atom. The molecule has 2 heteroatoms. The van der Waals surface area contributed by atoms with Crippen molar-refractivity contribution < 1.29 is 5.32 Å². The number of quaternary nitrogens is 1. The van der Waals surface area contributed by atoms with E-state index in [0.29, 0.717) is 5.38 Å². The van der Waals surface area contributed by atoms with Gasteiger partial charge in [-0.3, -0.25) is 0 Å². The Morgan fingerprint density at radius 2 is 1.91 bits per heavy atom. The molecule has 1 heterocycles. The van der Waals surface area contributed by atoms with E-state index in [2.05, 4.69) is 5.32 Å². The van der Waals surface area contributed by atoms with Crippen molar-refractivity contribution in [3.63, 3.8) is 0 Å². The highest BCUT2D eigenvalue weighted by Crippen LogP contribution is 2.30. The average Bonchev–Trinajstić information content (AvgIpc) is 2.06. The van der Waals surface area contributed by atoms with Crippen LogP contribution in [0.3, 0.4) is 0 Å². The zero-order valence-corrected chi connectivity index (χ0v) is 7.69. The maximum Gasteiger partial charge on any atom is 0.0901 e. The number of fused-ring (bicyclic) bond motifs is 1. The first kappa shape index (κ1) is 7.88. The van der Waals surface area contributed by atoms with Crippen LogP contribution in [-0.2, 0) is 0 Å². The van der Waals surface area contributed by atoms with E-state index in [9.17, 15) is 0 Å². The van der Waals surface area contributed by atoms with Crippen LogP contribution in [0.15, 0.2) is 0 Å². The van der Waals surface area contributed by atoms with E-state index in [1.165, 1.54) is 38.6 Å². The van der Waals surface area contributed by atoms with Gasteiger partial charge in [-0.15, -0.1) is 11.6 Å². The van der Waals surface area contributed by atoms with E-state index >= 15 is 0 Å². The van der Waals surface area contributed by atoms with Gasteiger partial charge in [0.1, 0.15) is 0 Å². The molecule has 0 aromatic rings. The number of nitrogens with two attached hydrogens (primary N) is 1. The molecule has 0 amide bonds. The van der Waals surface area contributed by atoms with Gasteiger partial charge in [-0.05, 0) is 19.3 Å². The maximum absolute atomic E-state index is 6.27. The molecule has 2 aliphatic rings. The quantitative estimate of drug-likeness (QED) is 0.531. The standard InChI is InChI=1S/C9H16ClN/c10-8-5-6-11-9-4-2-1-3-7(8)9/h7-9,11H,1-6H2/p+1/t7-,8+,9-/m0/s1. The minimum atomic E-state index is 0.491. The Hall–Kier alpha value is 0.250. The lowest BCUT2D eigenvalue weighted by Crippen LogP contribution is -2.94. The second-order valence-corrected chi connectivity index (χ2v) is 4.50. The van der Waals surface area contributed by atoms with E-state index < -0.39 is 0 Å². The molecule has 1 aliphatic carbocycles. The second kappa shape index (κ2) is 3.32. The Morgan fingerprint density at radius 3 is 2.73 bits per heavy atom. The summed E-state index contributed by atoms with van der Waals surface area (Å²) in [5, 5.41) is 3.01. The first-order valence-electron chi connectivity index (χ1n) is 4.85. The molecule has 1 aliphatic heterocycles. The molecule has 2 rings (SSSR count). The van der Waals surface area contributed by atoms with Gasteiger partial charge in [0, 0.05) is 17.7 Å². The van der Waals surface area contributed by atoms with Crippen LogP contribution in [0.4, 0.5) is 0 Å². The largest absolute Gasteiger partial charge is 0.344 e. The average molecular weight is 175 g/mol. The van der Waals surface area contributed by atoms with Crippen LogP contribution < -0.4 is 5.32 Å². The molecule has 11 heavy (non-hydrogen) atoms. The van der Waals surface area contributed by atoms with Crippen LogP contribution in [0.2, 0.25) is 0 Å². The normalized spacial score (nSPS) is 45.0. The fourth-order valence-electron chi connectivity index (χ4n) is 2.61. The minimum Gasteiger partial charge on any atom is -0.344 e. The summed E-state index contributed by atoms with van der Waals surface area (Å²) in [4.78, 5) is 0. The molecule has 0 unspecified atom stereocenters. The van der Waals surface area contributed by atoms with Crippen LogP contribution in [0, 0.1) is 5.92 Å². The van der Waals surface area contributed by atoms with Crippen molar-refractivity contribution in [1.82, 2.24) is 0 Å². The van der Waals surface area contributed by atoms with E-state index in [1.54, 1.807) is 0 Å².